The van der Waals surface area contributed by atoms with Gasteiger partial charge in [-0.1, -0.05) is 0 Å². The number of halogens is 1. The Morgan fingerprint density at radius 1 is 1.30 bits per heavy atom. The fraction of sp³-hybridized carbons (Fsp3) is 0.350. The molecule has 3 N–H and O–H groups in total. The maximum Gasteiger partial charge on any atom is 0.404 e. The lowest BCUT2D eigenvalue weighted by Crippen LogP contribution is -2.31. The molecule has 0 spiro atoms. The molecule has 3 aromatic rings. The number of hydrogen-bond donors (Lipinski definition) is 3. The number of methoxy groups -OCH3 is 2. The number of carboxylic acid groups (broad SMARTS) is 1. The van der Waals surface area contributed by atoms with Crippen LogP contribution in [-0.2, 0) is 13.1 Å². The second-order valence-corrected chi connectivity index (χ2v) is 7.76. The molecule has 0 radical (unpaired) electrons. The van der Waals surface area contributed by atoms with E-state index in [-0.39, 0.29) is 6.04 Å². The molecule has 0 aliphatic rings. The monoisotopic (exact) mass is 525 g/mol. The molecule has 0 bridgehead atoms. The molecule has 1 atom stereocenters. The highest BCUT2D eigenvalue weighted by molar-refractivity contribution is 14.1. The van der Waals surface area contributed by atoms with Crippen molar-refractivity contribution in [3.05, 3.63) is 39.7 Å². The highest BCUT2D eigenvalue weighted by Gasteiger charge is 2.15. The van der Waals surface area contributed by atoms with Gasteiger partial charge in [0.05, 0.1) is 25.1 Å². The fourth-order valence-corrected chi connectivity index (χ4v) is 3.95. The SMILES string of the molecule is COc1ccc(CNc2nccc3c2c(I)nn3CCC(C)NC(=O)O)c(OC)c1. The minimum absolute atomic E-state index is 0.165. The first-order valence-corrected chi connectivity index (χ1v) is 10.5. The number of pyridine rings is 1. The maximum absolute atomic E-state index is 10.8. The minimum atomic E-state index is -1.02. The number of benzene rings is 1. The third-order valence-corrected chi connectivity index (χ3v) is 5.46. The van der Waals surface area contributed by atoms with Crippen molar-refractivity contribution in [2.24, 2.45) is 0 Å². The Morgan fingerprint density at radius 3 is 2.80 bits per heavy atom. The Labute approximate surface area is 187 Å². The van der Waals surface area contributed by atoms with Gasteiger partial charge in [0, 0.05) is 37.0 Å². The standard InChI is InChI=1S/C20H24IN5O4/c1-12(24-20(27)28)7-9-26-15-6-8-22-19(17(15)18(21)25-26)23-11-13-4-5-14(29-2)10-16(13)30-3/h4-6,8,10,12,24H,7,9,11H2,1-3H3,(H,22,23)(H,27,28). The summed E-state index contributed by atoms with van der Waals surface area (Å²) < 4.78 is 13.4. The van der Waals surface area contributed by atoms with Crippen LogP contribution in [0.5, 0.6) is 11.5 Å². The van der Waals surface area contributed by atoms with Crippen LogP contribution in [0.3, 0.4) is 0 Å². The third kappa shape index (κ3) is 5.04. The Kier molecular flexibility index (Phi) is 7.19. The van der Waals surface area contributed by atoms with Crippen molar-refractivity contribution in [3.63, 3.8) is 0 Å². The molecule has 0 saturated heterocycles. The summed E-state index contributed by atoms with van der Waals surface area (Å²) in [5, 5.41) is 20.2. The van der Waals surface area contributed by atoms with E-state index >= 15 is 0 Å². The Balaban J connectivity index is 1.79. The molecule has 160 valence electrons. The van der Waals surface area contributed by atoms with E-state index in [9.17, 15) is 4.79 Å². The maximum atomic E-state index is 10.8. The number of ether oxygens (including phenoxy) is 2. The van der Waals surface area contributed by atoms with Crippen molar-refractivity contribution < 1.29 is 19.4 Å². The van der Waals surface area contributed by atoms with Gasteiger partial charge in [0.2, 0.25) is 0 Å². The highest BCUT2D eigenvalue weighted by Crippen LogP contribution is 2.29. The first-order valence-electron chi connectivity index (χ1n) is 9.38. The first kappa shape index (κ1) is 21.9. The molecule has 0 saturated carbocycles. The molecule has 1 amide bonds. The molecule has 3 rings (SSSR count). The number of nitrogens with one attached hydrogen (secondary N) is 2. The van der Waals surface area contributed by atoms with Gasteiger partial charge in [0.25, 0.3) is 0 Å². The van der Waals surface area contributed by atoms with Crippen LogP contribution in [0, 0.1) is 3.70 Å². The van der Waals surface area contributed by atoms with Gasteiger partial charge in [-0.2, -0.15) is 5.10 Å². The van der Waals surface area contributed by atoms with Crippen molar-refractivity contribution >= 4 is 45.4 Å². The van der Waals surface area contributed by atoms with E-state index in [0.717, 1.165) is 37.5 Å². The largest absolute Gasteiger partial charge is 0.497 e. The number of nitrogens with zero attached hydrogens (tertiary/aromatic N) is 3. The van der Waals surface area contributed by atoms with Crippen LogP contribution >= 0.6 is 22.6 Å². The number of hydrogen-bond acceptors (Lipinski definition) is 6. The molecule has 0 fully saturated rings. The fourth-order valence-electron chi connectivity index (χ4n) is 3.16. The van der Waals surface area contributed by atoms with E-state index in [2.05, 4.69) is 43.3 Å². The van der Waals surface area contributed by atoms with E-state index in [4.69, 9.17) is 14.6 Å². The third-order valence-electron chi connectivity index (χ3n) is 4.71. The van der Waals surface area contributed by atoms with Gasteiger partial charge >= 0.3 is 6.09 Å². The van der Waals surface area contributed by atoms with E-state index in [1.54, 1.807) is 20.4 Å². The van der Waals surface area contributed by atoms with Crippen LogP contribution in [0.15, 0.2) is 30.5 Å². The minimum Gasteiger partial charge on any atom is -0.497 e. The van der Waals surface area contributed by atoms with Crippen molar-refractivity contribution in [2.45, 2.75) is 32.5 Å². The summed E-state index contributed by atoms with van der Waals surface area (Å²) in [6.45, 7) is 2.96. The number of amides is 1. The summed E-state index contributed by atoms with van der Waals surface area (Å²) in [6, 6.07) is 7.44. The molecule has 30 heavy (non-hydrogen) atoms. The number of rotatable bonds is 9. The number of aryl methyl sites for hydroxylation is 1. The van der Waals surface area contributed by atoms with Gasteiger partial charge in [-0.25, -0.2) is 9.78 Å². The summed E-state index contributed by atoms with van der Waals surface area (Å²) in [5.41, 5.74) is 1.93. The zero-order chi connectivity index (χ0) is 21.7. The average Bonchev–Trinajstić information content (AvgIpc) is 3.06. The summed E-state index contributed by atoms with van der Waals surface area (Å²) >= 11 is 2.20. The van der Waals surface area contributed by atoms with Gasteiger partial charge in [-0.3, -0.25) is 4.68 Å². The van der Waals surface area contributed by atoms with Crippen molar-refractivity contribution in [1.82, 2.24) is 20.1 Å². The molecule has 9 nitrogen and oxygen atoms in total. The number of carbonyl (C=O) groups is 1. The van der Waals surface area contributed by atoms with Crippen molar-refractivity contribution in [1.29, 1.82) is 0 Å². The van der Waals surface area contributed by atoms with Crippen LogP contribution in [-0.4, -0.2) is 46.2 Å². The zero-order valence-electron chi connectivity index (χ0n) is 17.0. The van der Waals surface area contributed by atoms with Crippen LogP contribution in [0.1, 0.15) is 18.9 Å². The molecule has 10 heteroatoms. The van der Waals surface area contributed by atoms with Crippen LogP contribution < -0.4 is 20.1 Å². The second kappa shape index (κ2) is 9.83. The highest BCUT2D eigenvalue weighted by atomic mass is 127. The van der Waals surface area contributed by atoms with Gasteiger partial charge in [-0.05, 0) is 54.1 Å². The normalized spacial score (nSPS) is 11.9. The molecule has 0 aliphatic carbocycles. The van der Waals surface area contributed by atoms with E-state index in [1.165, 1.54) is 0 Å². The first-order chi connectivity index (χ1) is 14.4. The molecular formula is C20H24IN5O4. The topological polar surface area (TPSA) is 111 Å². The number of anilines is 1. The summed E-state index contributed by atoms with van der Waals surface area (Å²) in [6.07, 6.45) is 1.35. The molecule has 2 heterocycles. The van der Waals surface area contributed by atoms with E-state index in [0.29, 0.717) is 19.5 Å². The quantitative estimate of drug-likeness (QED) is 0.366. The number of aromatic nitrogens is 3. The zero-order valence-corrected chi connectivity index (χ0v) is 19.1. The van der Waals surface area contributed by atoms with Crippen molar-refractivity contribution in [2.75, 3.05) is 19.5 Å². The van der Waals surface area contributed by atoms with E-state index < -0.39 is 6.09 Å². The lowest BCUT2D eigenvalue weighted by atomic mass is 10.2. The van der Waals surface area contributed by atoms with Crippen LogP contribution in [0.2, 0.25) is 0 Å². The average molecular weight is 525 g/mol. The molecule has 1 unspecified atom stereocenters. The summed E-state index contributed by atoms with van der Waals surface area (Å²) in [5.74, 6) is 2.20. The smallest absolute Gasteiger partial charge is 0.404 e. The molecule has 0 aliphatic heterocycles. The summed E-state index contributed by atoms with van der Waals surface area (Å²) in [7, 11) is 3.25. The van der Waals surface area contributed by atoms with E-state index in [1.807, 2.05) is 35.9 Å². The molecule has 2 aromatic heterocycles. The molecular weight excluding hydrogens is 501 g/mol. The van der Waals surface area contributed by atoms with Crippen molar-refractivity contribution in [3.8, 4) is 11.5 Å². The number of fused-ring (bicyclic) bond motifs is 1. The van der Waals surface area contributed by atoms with Gasteiger partial charge < -0.3 is 25.2 Å². The Hall–Kier alpha value is -2.76. The van der Waals surface area contributed by atoms with Gasteiger partial charge in [0.1, 0.15) is 21.0 Å². The van der Waals surface area contributed by atoms with Gasteiger partial charge in [0.15, 0.2) is 0 Å². The summed E-state index contributed by atoms with van der Waals surface area (Å²) in [4.78, 5) is 15.3. The van der Waals surface area contributed by atoms with Gasteiger partial charge in [-0.15, -0.1) is 0 Å². The van der Waals surface area contributed by atoms with Crippen LogP contribution in [0.4, 0.5) is 10.6 Å². The predicted molar refractivity (Wildman–Crippen MR) is 122 cm³/mol. The predicted octanol–water partition coefficient (Wildman–Crippen LogP) is 3.71. The Bertz CT molecular complexity index is 1040. The van der Waals surface area contributed by atoms with Crippen LogP contribution in [0.25, 0.3) is 10.9 Å². The second-order valence-electron chi connectivity index (χ2n) is 6.74. The lowest BCUT2D eigenvalue weighted by molar-refractivity contribution is 0.189. The lowest BCUT2D eigenvalue weighted by Gasteiger charge is -2.13. The molecule has 1 aromatic carbocycles. The Morgan fingerprint density at radius 2 is 2.10 bits per heavy atom.